The molecule has 28 heavy (non-hydrogen) atoms. The first-order chi connectivity index (χ1) is 13.7. The van der Waals surface area contributed by atoms with Crippen LogP contribution in [0.5, 0.6) is 0 Å². The molecule has 0 rings (SSSR count). The highest BCUT2D eigenvalue weighted by molar-refractivity contribution is 5.82. The zero-order valence-corrected chi connectivity index (χ0v) is 18.7. The Morgan fingerprint density at radius 1 is 0.714 bits per heavy atom. The van der Waals surface area contributed by atoms with E-state index in [1.807, 2.05) is 0 Å². The molecule has 0 aromatic rings. The number of rotatable bonds is 22. The molecule has 0 heterocycles. The minimum Gasteiger partial charge on any atom is -0.396 e. The highest BCUT2D eigenvalue weighted by atomic mass is 16.3. The molecular weight excluding hydrogens is 348 g/mol. The third-order valence-electron chi connectivity index (χ3n) is 5.46. The van der Waals surface area contributed by atoms with E-state index in [0.717, 1.165) is 12.8 Å². The molecule has 1 unspecified atom stereocenters. The summed E-state index contributed by atoms with van der Waals surface area (Å²) < 4.78 is 0. The van der Waals surface area contributed by atoms with Gasteiger partial charge in [0.25, 0.3) is 0 Å². The predicted molar refractivity (Wildman–Crippen MR) is 121 cm³/mol. The average Bonchev–Trinajstić information content (AvgIpc) is 2.69. The first-order valence-corrected chi connectivity index (χ1v) is 12.2. The van der Waals surface area contributed by atoms with Gasteiger partial charge in [-0.1, -0.05) is 96.1 Å². The molecule has 0 aliphatic carbocycles. The molecule has 0 aliphatic heterocycles. The molecule has 0 aromatic heterocycles. The highest BCUT2D eigenvalue weighted by Crippen LogP contribution is 2.13. The minimum absolute atomic E-state index is 0.116. The zero-order valence-electron chi connectivity index (χ0n) is 18.7. The maximum absolute atomic E-state index is 11.5. The molecule has 0 spiro atoms. The zero-order chi connectivity index (χ0) is 20.7. The van der Waals surface area contributed by atoms with Gasteiger partial charge in [-0.25, -0.2) is 0 Å². The Bertz CT molecular complexity index is 352. The number of ketones is 1. The van der Waals surface area contributed by atoms with Gasteiger partial charge >= 0.3 is 0 Å². The summed E-state index contributed by atoms with van der Waals surface area (Å²) in [6, 6.07) is 0. The van der Waals surface area contributed by atoms with Crippen molar-refractivity contribution in [3.8, 4) is 0 Å². The lowest BCUT2D eigenvalue weighted by Gasteiger charge is -2.07. The molecule has 0 saturated carbocycles. The molecule has 0 bridgehead atoms. The van der Waals surface area contributed by atoms with Gasteiger partial charge in [0.15, 0.2) is 5.78 Å². The smallest absolute Gasteiger partial charge is 0.161 e. The largest absolute Gasteiger partial charge is 0.396 e. The number of carbonyl (C=O) groups excluding carboxylic acids is 1. The number of allylic oxidation sites excluding steroid dienone is 2. The lowest BCUT2D eigenvalue weighted by molar-refractivity contribution is -0.127. The van der Waals surface area contributed by atoms with Gasteiger partial charge in [-0.15, -0.1) is 0 Å². The van der Waals surface area contributed by atoms with Crippen molar-refractivity contribution in [1.82, 2.24) is 0 Å². The number of carbonyl (C=O) groups is 1. The fourth-order valence-corrected chi connectivity index (χ4v) is 3.53. The van der Waals surface area contributed by atoms with Gasteiger partial charge in [-0.3, -0.25) is 4.79 Å². The predicted octanol–water partition coefficient (Wildman–Crippen LogP) is 6.90. The molecule has 1 atom stereocenters. The average molecular weight is 397 g/mol. The molecule has 0 fully saturated rings. The van der Waals surface area contributed by atoms with Gasteiger partial charge in [0.05, 0.1) is 0 Å². The van der Waals surface area contributed by atoms with Crippen LogP contribution < -0.4 is 0 Å². The second kappa shape index (κ2) is 22.6. The van der Waals surface area contributed by atoms with Crippen molar-refractivity contribution < 1.29 is 15.0 Å². The van der Waals surface area contributed by atoms with Crippen molar-refractivity contribution in [3.05, 3.63) is 12.2 Å². The van der Waals surface area contributed by atoms with E-state index in [1.165, 1.54) is 96.3 Å². The van der Waals surface area contributed by atoms with Crippen molar-refractivity contribution in [1.29, 1.82) is 0 Å². The van der Waals surface area contributed by atoms with E-state index in [2.05, 4.69) is 19.1 Å². The summed E-state index contributed by atoms with van der Waals surface area (Å²) in [6.07, 6.45) is 26.3. The number of Topliss-reactive ketones (excluding diaryl/α,β-unsaturated/α-hetero) is 1. The van der Waals surface area contributed by atoms with Crippen LogP contribution in [0, 0.1) is 0 Å². The first kappa shape index (κ1) is 27.3. The Hall–Kier alpha value is -0.670. The van der Waals surface area contributed by atoms with Crippen LogP contribution in [-0.4, -0.2) is 28.7 Å². The van der Waals surface area contributed by atoms with E-state index in [1.54, 1.807) is 0 Å². The van der Waals surface area contributed by atoms with E-state index in [9.17, 15) is 9.90 Å². The van der Waals surface area contributed by atoms with Crippen LogP contribution in [0.2, 0.25) is 0 Å². The van der Waals surface area contributed by atoms with Crippen LogP contribution >= 0.6 is 0 Å². The summed E-state index contributed by atoms with van der Waals surface area (Å²) in [5.74, 6) is -0.116. The summed E-state index contributed by atoms with van der Waals surface area (Å²) in [4.78, 5) is 11.5. The maximum atomic E-state index is 11.5. The van der Waals surface area contributed by atoms with Crippen molar-refractivity contribution in [2.75, 3.05) is 6.61 Å². The number of hydrogen-bond donors (Lipinski definition) is 2. The highest BCUT2D eigenvalue weighted by Gasteiger charge is 2.13. The Balaban J connectivity index is 3.19. The van der Waals surface area contributed by atoms with E-state index < -0.39 is 6.10 Å². The van der Waals surface area contributed by atoms with Gasteiger partial charge in [-0.2, -0.15) is 0 Å². The number of aliphatic hydroxyl groups excluding tert-OH is 2. The molecule has 3 nitrogen and oxygen atoms in total. The van der Waals surface area contributed by atoms with E-state index in [-0.39, 0.29) is 18.8 Å². The van der Waals surface area contributed by atoms with Crippen LogP contribution in [0.3, 0.4) is 0 Å². The third kappa shape index (κ3) is 20.1. The second-order valence-electron chi connectivity index (χ2n) is 8.24. The first-order valence-electron chi connectivity index (χ1n) is 12.2. The number of unbranched alkanes of at least 4 members (excludes halogenated alkanes) is 15. The molecule has 0 amide bonds. The summed E-state index contributed by atoms with van der Waals surface area (Å²) in [5, 5.41) is 18.2. The van der Waals surface area contributed by atoms with Crippen molar-refractivity contribution in [2.24, 2.45) is 0 Å². The maximum Gasteiger partial charge on any atom is 0.161 e. The Morgan fingerprint density at radius 3 is 1.61 bits per heavy atom. The summed E-state index contributed by atoms with van der Waals surface area (Å²) >= 11 is 0. The Labute approximate surface area is 175 Å². The molecule has 3 heteroatoms. The molecule has 0 aliphatic rings. The van der Waals surface area contributed by atoms with Gasteiger partial charge < -0.3 is 10.2 Å². The van der Waals surface area contributed by atoms with Gasteiger partial charge in [0.2, 0.25) is 0 Å². The molecule has 2 N–H and O–H groups in total. The molecule has 0 radical (unpaired) electrons. The lowest BCUT2D eigenvalue weighted by Crippen LogP contribution is -2.21. The molecule has 166 valence electrons. The number of aliphatic hydroxyl groups is 2. The number of hydrogen-bond acceptors (Lipinski definition) is 3. The molecular formula is C25H48O3. The van der Waals surface area contributed by atoms with Crippen LogP contribution in [0.4, 0.5) is 0 Å². The summed E-state index contributed by atoms with van der Waals surface area (Å²) in [6.45, 7) is 2.15. The van der Waals surface area contributed by atoms with Crippen LogP contribution in [0.1, 0.15) is 129 Å². The van der Waals surface area contributed by atoms with Crippen LogP contribution in [0.25, 0.3) is 0 Å². The normalized spacial score (nSPS) is 12.7. The fraction of sp³-hybridized carbons (Fsp3) is 0.880. The SMILES string of the molecule is CCCCCCCCC=CCCCCCCCCCCCC(=O)C(O)CCO. The van der Waals surface area contributed by atoms with Gasteiger partial charge in [0, 0.05) is 19.4 Å². The van der Waals surface area contributed by atoms with Crippen molar-refractivity contribution in [2.45, 2.75) is 135 Å². The second-order valence-corrected chi connectivity index (χ2v) is 8.24. The Kier molecular flexibility index (Phi) is 22.1. The van der Waals surface area contributed by atoms with Crippen LogP contribution in [-0.2, 0) is 4.79 Å². The third-order valence-corrected chi connectivity index (χ3v) is 5.46. The van der Waals surface area contributed by atoms with E-state index in [0.29, 0.717) is 6.42 Å². The minimum atomic E-state index is -0.963. The molecule has 0 aromatic carbocycles. The monoisotopic (exact) mass is 396 g/mol. The summed E-state index contributed by atoms with van der Waals surface area (Å²) in [7, 11) is 0. The van der Waals surface area contributed by atoms with E-state index in [4.69, 9.17) is 5.11 Å². The van der Waals surface area contributed by atoms with Crippen LogP contribution in [0.15, 0.2) is 12.2 Å². The Morgan fingerprint density at radius 2 is 1.14 bits per heavy atom. The quantitative estimate of drug-likeness (QED) is 0.155. The summed E-state index contributed by atoms with van der Waals surface area (Å²) in [5.41, 5.74) is 0. The standard InChI is InChI=1S/C25H48O3/c1-2-3-4-5-6-7-8-9-10-11-12-13-14-15-16-17-18-19-20-21-24(27)25(28)22-23-26/h9-10,25-26,28H,2-8,11-23H2,1H3. The lowest BCUT2D eigenvalue weighted by atomic mass is 10.0. The van der Waals surface area contributed by atoms with Gasteiger partial charge in [0.1, 0.15) is 6.10 Å². The van der Waals surface area contributed by atoms with Crippen molar-refractivity contribution in [3.63, 3.8) is 0 Å². The van der Waals surface area contributed by atoms with Crippen molar-refractivity contribution >= 4 is 5.78 Å². The fourth-order valence-electron chi connectivity index (χ4n) is 3.53. The topological polar surface area (TPSA) is 57.5 Å². The molecule has 0 saturated heterocycles. The van der Waals surface area contributed by atoms with E-state index >= 15 is 0 Å². The van der Waals surface area contributed by atoms with Gasteiger partial charge in [-0.05, 0) is 32.1 Å².